The molecule has 2 heterocycles. The van der Waals surface area contributed by atoms with Crippen LogP contribution >= 0.6 is 11.6 Å². The van der Waals surface area contributed by atoms with Crippen molar-refractivity contribution in [2.75, 3.05) is 19.7 Å². The van der Waals surface area contributed by atoms with E-state index < -0.39 is 5.41 Å². The largest absolute Gasteiger partial charge is 0.466 e. The standard InChI is InChI=1S/C19H24ClN3O2/c1-2-25-18(24)19(13-15-3-5-16(20)6-4-15)8-11-23(12-9-19)14-17-7-10-21-22-17/h3-7,10H,2,8-9,11-14H2,1H3,(H,21,22). The summed E-state index contributed by atoms with van der Waals surface area (Å²) in [7, 11) is 0. The summed E-state index contributed by atoms with van der Waals surface area (Å²) >= 11 is 5.98. The first kappa shape index (κ1) is 18.0. The highest BCUT2D eigenvalue weighted by Gasteiger charge is 2.42. The first-order valence-corrected chi connectivity index (χ1v) is 9.11. The molecule has 0 atom stereocenters. The van der Waals surface area contributed by atoms with E-state index in [1.807, 2.05) is 37.3 Å². The number of aromatic amines is 1. The van der Waals surface area contributed by atoms with Crippen LogP contribution in [-0.2, 0) is 22.5 Å². The van der Waals surface area contributed by atoms with E-state index in [9.17, 15) is 4.79 Å². The van der Waals surface area contributed by atoms with Crippen molar-refractivity contribution in [3.05, 3.63) is 52.8 Å². The van der Waals surface area contributed by atoms with Gasteiger partial charge in [0.05, 0.1) is 12.0 Å². The Morgan fingerprint density at radius 3 is 2.60 bits per heavy atom. The second kappa shape index (κ2) is 8.02. The summed E-state index contributed by atoms with van der Waals surface area (Å²) in [5, 5.41) is 7.70. The topological polar surface area (TPSA) is 58.2 Å². The molecule has 0 unspecified atom stereocenters. The number of rotatable bonds is 6. The molecule has 2 aromatic rings. The Kier molecular flexibility index (Phi) is 5.76. The van der Waals surface area contributed by atoms with Crippen molar-refractivity contribution in [2.24, 2.45) is 5.41 Å². The summed E-state index contributed by atoms with van der Waals surface area (Å²) < 4.78 is 5.42. The zero-order valence-corrected chi connectivity index (χ0v) is 15.3. The van der Waals surface area contributed by atoms with Gasteiger partial charge in [-0.3, -0.25) is 14.8 Å². The van der Waals surface area contributed by atoms with Gasteiger partial charge in [0.25, 0.3) is 0 Å². The molecule has 0 saturated carbocycles. The van der Waals surface area contributed by atoms with Crippen LogP contribution in [0.15, 0.2) is 36.5 Å². The van der Waals surface area contributed by atoms with Crippen molar-refractivity contribution < 1.29 is 9.53 Å². The van der Waals surface area contributed by atoms with E-state index in [1.54, 1.807) is 6.20 Å². The van der Waals surface area contributed by atoms with Crippen molar-refractivity contribution in [3.63, 3.8) is 0 Å². The monoisotopic (exact) mass is 361 g/mol. The van der Waals surface area contributed by atoms with Gasteiger partial charge in [-0.15, -0.1) is 0 Å². The van der Waals surface area contributed by atoms with Gasteiger partial charge in [0.15, 0.2) is 0 Å². The van der Waals surface area contributed by atoms with Crippen molar-refractivity contribution in [1.82, 2.24) is 15.1 Å². The van der Waals surface area contributed by atoms with Crippen molar-refractivity contribution in [1.29, 1.82) is 0 Å². The molecule has 0 bridgehead atoms. The quantitative estimate of drug-likeness (QED) is 0.800. The Morgan fingerprint density at radius 2 is 2.00 bits per heavy atom. The summed E-state index contributed by atoms with van der Waals surface area (Å²) in [4.78, 5) is 15.1. The molecule has 1 saturated heterocycles. The van der Waals surface area contributed by atoms with Crippen LogP contribution in [-0.4, -0.2) is 40.8 Å². The number of nitrogens with zero attached hydrogens (tertiary/aromatic N) is 2. The number of esters is 1. The van der Waals surface area contributed by atoms with Gasteiger partial charge < -0.3 is 4.74 Å². The Hall–Kier alpha value is -1.85. The maximum Gasteiger partial charge on any atom is 0.312 e. The lowest BCUT2D eigenvalue weighted by molar-refractivity contribution is -0.158. The van der Waals surface area contributed by atoms with Crippen LogP contribution in [0, 0.1) is 5.41 Å². The van der Waals surface area contributed by atoms with Crippen molar-refractivity contribution in [3.8, 4) is 0 Å². The third-order valence-corrected chi connectivity index (χ3v) is 5.18. The maximum absolute atomic E-state index is 12.7. The lowest BCUT2D eigenvalue weighted by atomic mass is 9.73. The lowest BCUT2D eigenvalue weighted by Crippen LogP contribution is -2.46. The first-order chi connectivity index (χ1) is 12.1. The van der Waals surface area contributed by atoms with Crippen LogP contribution in [0.5, 0.6) is 0 Å². The number of nitrogens with one attached hydrogen (secondary N) is 1. The Labute approximate surface area is 153 Å². The summed E-state index contributed by atoms with van der Waals surface area (Å²) in [6.07, 6.45) is 4.05. The van der Waals surface area contributed by atoms with Crippen LogP contribution in [0.3, 0.4) is 0 Å². The van der Waals surface area contributed by atoms with Crippen LogP contribution in [0.25, 0.3) is 0 Å². The number of piperidine rings is 1. The Bertz CT molecular complexity index is 677. The summed E-state index contributed by atoms with van der Waals surface area (Å²) in [6, 6.07) is 9.74. The molecule has 1 fully saturated rings. The number of benzene rings is 1. The lowest BCUT2D eigenvalue weighted by Gasteiger charge is -2.40. The second-order valence-electron chi connectivity index (χ2n) is 6.66. The number of H-pyrrole nitrogens is 1. The van der Waals surface area contributed by atoms with Crippen LogP contribution < -0.4 is 0 Å². The fraction of sp³-hybridized carbons (Fsp3) is 0.474. The van der Waals surface area contributed by atoms with Gasteiger partial charge in [0, 0.05) is 23.5 Å². The molecule has 0 radical (unpaired) electrons. The van der Waals surface area contributed by atoms with Gasteiger partial charge in [-0.1, -0.05) is 23.7 Å². The van der Waals surface area contributed by atoms with E-state index in [2.05, 4.69) is 15.1 Å². The van der Waals surface area contributed by atoms with E-state index in [4.69, 9.17) is 16.3 Å². The molecule has 0 aliphatic carbocycles. The fourth-order valence-corrected chi connectivity index (χ4v) is 3.61. The molecule has 1 aromatic carbocycles. The molecule has 1 aliphatic heterocycles. The minimum atomic E-state index is -0.450. The number of ether oxygens (including phenoxy) is 1. The predicted molar refractivity (Wildman–Crippen MR) is 97.3 cm³/mol. The number of likely N-dealkylation sites (tertiary alicyclic amines) is 1. The minimum Gasteiger partial charge on any atom is -0.466 e. The number of hydrogen-bond acceptors (Lipinski definition) is 4. The van der Waals surface area contributed by atoms with Gasteiger partial charge in [-0.2, -0.15) is 5.10 Å². The summed E-state index contributed by atoms with van der Waals surface area (Å²) in [5.41, 5.74) is 1.77. The fourth-order valence-electron chi connectivity index (χ4n) is 3.48. The number of halogens is 1. The minimum absolute atomic E-state index is 0.0776. The van der Waals surface area contributed by atoms with E-state index in [-0.39, 0.29) is 5.97 Å². The molecule has 0 spiro atoms. The molecule has 1 N–H and O–H groups in total. The van der Waals surface area contributed by atoms with Crippen molar-refractivity contribution in [2.45, 2.75) is 32.7 Å². The third-order valence-electron chi connectivity index (χ3n) is 4.93. The highest BCUT2D eigenvalue weighted by Crippen LogP contribution is 2.37. The molecule has 1 aromatic heterocycles. The molecule has 1 aliphatic rings. The predicted octanol–water partition coefficient (Wildman–Crippen LogP) is 3.45. The van der Waals surface area contributed by atoms with Crippen molar-refractivity contribution >= 4 is 17.6 Å². The molecule has 3 rings (SSSR count). The van der Waals surface area contributed by atoms with Gasteiger partial charge in [0.1, 0.15) is 0 Å². The maximum atomic E-state index is 12.7. The number of aromatic nitrogens is 2. The van der Waals surface area contributed by atoms with Gasteiger partial charge in [-0.05, 0) is 63.0 Å². The molecule has 134 valence electrons. The van der Waals surface area contributed by atoms with Gasteiger partial charge in [0.2, 0.25) is 0 Å². The van der Waals surface area contributed by atoms with Crippen LogP contribution in [0.1, 0.15) is 31.0 Å². The Balaban J connectivity index is 1.70. The van der Waals surface area contributed by atoms with Crippen LogP contribution in [0.4, 0.5) is 0 Å². The van der Waals surface area contributed by atoms with Gasteiger partial charge >= 0.3 is 5.97 Å². The zero-order chi connectivity index (χ0) is 17.7. The molecular formula is C19H24ClN3O2. The molecule has 6 heteroatoms. The van der Waals surface area contributed by atoms with Gasteiger partial charge in [-0.25, -0.2) is 0 Å². The van der Waals surface area contributed by atoms with Crippen LogP contribution in [0.2, 0.25) is 5.02 Å². The smallest absolute Gasteiger partial charge is 0.312 e. The average molecular weight is 362 g/mol. The summed E-state index contributed by atoms with van der Waals surface area (Å²) in [6.45, 7) is 4.84. The highest BCUT2D eigenvalue weighted by atomic mass is 35.5. The molecule has 0 amide bonds. The third kappa shape index (κ3) is 4.41. The van der Waals surface area contributed by atoms with E-state index in [0.717, 1.165) is 43.7 Å². The molecule has 25 heavy (non-hydrogen) atoms. The SMILES string of the molecule is CCOC(=O)C1(Cc2ccc(Cl)cc2)CCN(Cc2ccn[nH]2)CC1. The molecular weight excluding hydrogens is 338 g/mol. The summed E-state index contributed by atoms with van der Waals surface area (Å²) in [5.74, 6) is -0.0776. The number of carbonyl (C=O) groups excluding carboxylic acids is 1. The highest BCUT2D eigenvalue weighted by molar-refractivity contribution is 6.30. The van der Waals surface area contributed by atoms with E-state index >= 15 is 0 Å². The Morgan fingerprint density at radius 1 is 1.28 bits per heavy atom. The van der Waals surface area contributed by atoms with E-state index in [0.29, 0.717) is 18.1 Å². The normalized spacial score (nSPS) is 17.4. The number of hydrogen-bond donors (Lipinski definition) is 1. The number of carbonyl (C=O) groups is 1. The second-order valence-corrected chi connectivity index (χ2v) is 7.10. The zero-order valence-electron chi connectivity index (χ0n) is 14.5. The van der Waals surface area contributed by atoms with E-state index in [1.165, 1.54) is 0 Å². The first-order valence-electron chi connectivity index (χ1n) is 8.73. The average Bonchev–Trinajstić information content (AvgIpc) is 3.12. The molecule has 5 nitrogen and oxygen atoms in total.